The molecule has 1 rings (SSSR count). The van der Waals surface area contributed by atoms with Gasteiger partial charge in [0.25, 0.3) is 0 Å². The van der Waals surface area contributed by atoms with Crippen molar-refractivity contribution in [3.05, 3.63) is 29.6 Å². The standard InChI is InChI=1S/C16H26FNO3/c1-4-18-13(2)14-7-5-8-15(17)16(14)21-12-11-20-10-6-9-19-3/h5,7-8,13,18H,4,6,9-12H2,1-3H3. The molecule has 1 N–H and O–H groups in total. The molecule has 4 nitrogen and oxygen atoms in total. The Bertz CT molecular complexity index is 401. The molecule has 0 aliphatic heterocycles. The zero-order valence-electron chi connectivity index (χ0n) is 13.2. The second kappa shape index (κ2) is 10.5. The summed E-state index contributed by atoms with van der Waals surface area (Å²) in [6, 6.07) is 5.04. The average molecular weight is 299 g/mol. The maximum Gasteiger partial charge on any atom is 0.165 e. The Morgan fingerprint density at radius 2 is 2.00 bits per heavy atom. The van der Waals surface area contributed by atoms with Crippen molar-refractivity contribution in [1.29, 1.82) is 0 Å². The molecule has 21 heavy (non-hydrogen) atoms. The second-order valence-corrected chi connectivity index (χ2v) is 4.74. The van der Waals surface area contributed by atoms with Gasteiger partial charge >= 0.3 is 0 Å². The van der Waals surface area contributed by atoms with Crippen molar-refractivity contribution in [1.82, 2.24) is 5.32 Å². The highest BCUT2D eigenvalue weighted by molar-refractivity contribution is 5.37. The van der Waals surface area contributed by atoms with Gasteiger partial charge in [-0.05, 0) is 26.0 Å². The molecule has 0 spiro atoms. The minimum Gasteiger partial charge on any atom is -0.488 e. The summed E-state index contributed by atoms with van der Waals surface area (Å²) in [5.74, 6) is -0.0249. The van der Waals surface area contributed by atoms with E-state index in [-0.39, 0.29) is 11.9 Å². The Balaban J connectivity index is 2.46. The number of benzene rings is 1. The lowest BCUT2D eigenvalue weighted by molar-refractivity contribution is 0.0793. The van der Waals surface area contributed by atoms with Gasteiger partial charge in [0.05, 0.1) is 6.61 Å². The van der Waals surface area contributed by atoms with E-state index >= 15 is 0 Å². The van der Waals surface area contributed by atoms with Gasteiger partial charge in [0.15, 0.2) is 11.6 Å². The number of rotatable bonds is 11. The fraction of sp³-hybridized carbons (Fsp3) is 0.625. The van der Waals surface area contributed by atoms with Crippen molar-refractivity contribution in [3.8, 4) is 5.75 Å². The normalized spacial score (nSPS) is 12.4. The molecule has 1 aromatic carbocycles. The van der Waals surface area contributed by atoms with E-state index in [0.717, 1.165) is 18.5 Å². The zero-order valence-corrected chi connectivity index (χ0v) is 13.2. The van der Waals surface area contributed by atoms with Crippen molar-refractivity contribution in [2.24, 2.45) is 0 Å². The Labute approximate surface area is 126 Å². The first-order chi connectivity index (χ1) is 10.2. The lowest BCUT2D eigenvalue weighted by atomic mass is 10.1. The molecule has 5 heteroatoms. The van der Waals surface area contributed by atoms with E-state index in [9.17, 15) is 4.39 Å². The molecule has 0 radical (unpaired) electrons. The lowest BCUT2D eigenvalue weighted by Crippen LogP contribution is -2.19. The molecule has 0 fully saturated rings. The van der Waals surface area contributed by atoms with Crippen LogP contribution in [0.2, 0.25) is 0 Å². The number of hydrogen-bond acceptors (Lipinski definition) is 4. The summed E-state index contributed by atoms with van der Waals surface area (Å²) in [5.41, 5.74) is 0.830. The maximum absolute atomic E-state index is 13.9. The minimum absolute atomic E-state index is 0.0447. The van der Waals surface area contributed by atoms with Crippen LogP contribution in [0.3, 0.4) is 0 Å². The quantitative estimate of drug-likeness (QED) is 0.638. The first-order valence-corrected chi connectivity index (χ1v) is 7.42. The monoisotopic (exact) mass is 299 g/mol. The molecule has 0 bridgehead atoms. The van der Waals surface area contributed by atoms with Crippen molar-refractivity contribution < 1.29 is 18.6 Å². The van der Waals surface area contributed by atoms with E-state index in [4.69, 9.17) is 14.2 Å². The molecule has 0 heterocycles. The van der Waals surface area contributed by atoms with Crippen LogP contribution in [-0.4, -0.2) is 40.1 Å². The predicted octanol–water partition coefficient (Wildman–Crippen LogP) is 2.93. The number of para-hydroxylation sites is 1. The van der Waals surface area contributed by atoms with Gasteiger partial charge in [-0.2, -0.15) is 0 Å². The number of nitrogens with one attached hydrogen (secondary N) is 1. The third kappa shape index (κ3) is 6.42. The highest BCUT2D eigenvalue weighted by Gasteiger charge is 2.14. The van der Waals surface area contributed by atoms with Crippen LogP contribution in [0, 0.1) is 5.82 Å². The fourth-order valence-electron chi connectivity index (χ4n) is 2.04. The first-order valence-electron chi connectivity index (χ1n) is 7.42. The van der Waals surface area contributed by atoms with E-state index in [0.29, 0.717) is 32.2 Å². The van der Waals surface area contributed by atoms with Gasteiger partial charge in [-0.15, -0.1) is 0 Å². The van der Waals surface area contributed by atoms with Gasteiger partial charge in [0.1, 0.15) is 6.61 Å². The maximum atomic E-state index is 13.9. The molecule has 0 saturated heterocycles. The molecule has 0 amide bonds. The van der Waals surface area contributed by atoms with E-state index < -0.39 is 0 Å². The van der Waals surface area contributed by atoms with Crippen LogP contribution >= 0.6 is 0 Å². The highest BCUT2D eigenvalue weighted by Crippen LogP contribution is 2.28. The highest BCUT2D eigenvalue weighted by atomic mass is 19.1. The Morgan fingerprint density at radius 1 is 1.19 bits per heavy atom. The molecule has 1 atom stereocenters. The summed E-state index contributed by atoms with van der Waals surface area (Å²) in [6.45, 7) is 6.90. The molecule has 120 valence electrons. The third-order valence-corrected chi connectivity index (χ3v) is 3.09. The van der Waals surface area contributed by atoms with Gasteiger partial charge in [-0.1, -0.05) is 19.1 Å². The average Bonchev–Trinajstić information content (AvgIpc) is 2.47. The van der Waals surface area contributed by atoms with E-state index in [2.05, 4.69) is 5.32 Å². The molecule has 1 unspecified atom stereocenters. The van der Waals surface area contributed by atoms with Crippen LogP contribution in [-0.2, 0) is 9.47 Å². The van der Waals surface area contributed by atoms with Crippen molar-refractivity contribution in [3.63, 3.8) is 0 Å². The van der Waals surface area contributed by atoms with Crippen LogP contribution in [0.4, 0.5) is 4.39 Å². The molecular formula is C16H26FNO3. The first kappa shape index (κ1) is 17.9. The van der Waals surface area contributed by atoms with Crippen molar-refractivity contribution >= 4 is 0 Å². The lowest BCUT2D eigenvalue weighted by Gasteiger charge is -2.18. The second-order valence-electron chi connectivity index (χ2n) is 4.74. The molecule has 0 aliphatic carbocycles. The third-order valence-electron chi connectivity index (χ3n) is 3.09. The van der Waals surface area contributed by atoms with Crippen LogP contribution in [0.25, 0.3) is 0 Å². The number of hydrogen-bond donors (Lipinski definition) is 1. The van der Waals surface area contributed by atoms with E-state index in [1.165, 1.54) is 6.07 Å². The predicted molar refractivity (Wildman–Crippen MR) is 81.3 cm³/mol. The van der Waals surface area contributed by atoms with Crippen LogP contribution in [0.1, 0.15) is 31.9 Å². The Kier molecular flexibility index (Phi) is 8.98. The fourth-order valence-corrected chi connectivity index (χ4v) is 2.04. The largest absolute Gasteiger partial charge is 0.488 e. The van der Waals surface area contributed by atoms with E-state index in [1.54, 1.807) is 13.2 Å². The topological polar surface area (TPSA) is 39.7 Å². The van der Waals surface area contributed by atoms with Crippen LogP contribution in [0.15, 0.2) is 18.2 Å². The summed E-state index contributed by atoms with van der Waals surface area (Å²) in [7, 11) is 1.66. The summed E-state index contributed by atoms with van der Waals surface area (Å²) in [6.07, 6.45) is 0.846. The van der Waals surface area contributed by atoms with Crippen molar-refractivity contribution in [2.45, 2.75) is 26.3 Å². The smallest absolute Gasteiger partial charge is 0.165 e. The summed E-state index contributed by atoms with van der Waals surface area (Å²) in [4.78, 5) is 0. The Hall–Kier alpha value is -1.17. The Morgan fingerprint density at radius 3 is 2.71 bits per heavy atom. The molecule has 0 aliphatic rings. The van der Waals surface area contributed by atoms with Gasteiger partial charge in [0, 0.05) is 31.9 Å². The summed E-state index contributed by atoms with van der Waals surface area (Å²) >= 11 is 0. The number of ether oxygens (including phenoxy) is 3. The minimum atomic E-state index is -0.336. The van der Waals surface area contributed by atoms with Gasteiger partial charge in [0.2, 0.25) is 0 Å². The molecule has 0 saturated carbocycles. The SMILES string of the molecule is CCNC(C)c1cccc(F)c1OCCOCCCOC. The molecular weight excluding hydrogens is 273 g/mol. The summed E-state index contributed by atoms with van der Waals surface area (Å²) < 4.78 is 29.8. The van der Waals surface area contributed by atoms with Gasteiger partial charge in [-0.3, -0.25) is 0 Å². The molecule has 0 aromatic heterocycles. The van der Waals surface area contributed by atoms with Gasteiger partial charge in [-0.25, -0.2) is 4.39 Å². The van der Waals surface area contributed by atoms with Gasteiger partial charge < -0.3 is 19.5 Å². The molecule has 1 aromatic rings. The van der Waals surface area contributed by atoms with Crippen LogP contribution in [0.5, 0.6) is 5.75 Å². The summed E-state index contributed by atoms with van der Waals surface area (Å²) in [5, 5.41) is 3.26. The van der Waals surface area contributed by atoms with Crippen LogP contribution < -0.4 is 10.1 Å². The zero-order chi connectivity index (χ0) is 15.5. The van der Waals surface area contributed by atoms with Crippen molar-refractivity contribution in [2.75, 3.05) is 40.1 Å². The number of halogens is 1. The van der Waals surface area contributed by atoms with E-state index in [1.807, 2.05) is 19.9 Å². The number of methoxy groups -OCH3 is 1.